The Labute approximate surface area is 254 Å². The molecule has 10 nitrogen and oxygen atoms in total. The van der Waals surface area contributed by atoms with Gasteiger partial charge in [-0.15, -0.1) is 13.2 Å². The van der Waals surface area contributed by atoms with Gasteiger partial charge in [-0.1, -0.05) is 49.4 Å². The molecule has 6 atom stereocenters. The monoisotopic (exact) mass is 594 g/mol. The summed E-state index contributed by atoms with van der Waals surface area (Å²) in [5.41, 5.74) is -1.11. The predicted molar refractivity (Wildman–Crippen MR) is 162 cm³/mol. The van der Waals surface area contributed by atoms with E-state index in [1.54, 1.807) is 22.0 Å². The van der Waals surface area contributed by atoms with Crippen molar-refractivity contribution in [2.75, 3.05) is 65.6 Å². The summed E-state index contributed by atoms with van der Waals surface area (Å²) in [5, 5.41) is 10.0. The maximum absolute atomic E-state index is 14.5. The van der Waals surface area contributed by atoms with E-state index in [1.165, 1.54) is 4.90 Å². The smallest absolute Gasteiger partial charge is 0.248 e. The number of amides is 3. The van der Waals surface area contributed by atoms with Gasteiger partial charge in [0.1, 0.15) is 11.6 Å². The van der Waals surface area contributed by atoms with Crippen molar-refractivity contribution >= 4 is 17.7 Å². The molecule has 1 aromatic carbocycles. The Bertz CT molecular complexity index is 1210. The molecule has 5 rings (SSSR count). The zero-order chi connectivity index (χ0) is 30.8. The average molecular weight is 595 g/mol. The third-order valence-corrected chi connectivity index (χ3v) is 9.98. The van der Waals surface area contributed by atoms with E-state index in [2.05, 4.69) is 18.1 Å². The number of carbonyl (C=O) groups is 3. The predicted octanol–water partition coefficient (Wildman–Crippen LogP) is 1.55. The highest BCUT2D eigenvalue weighted by Crippen LogP contribution is 2.65. The number of fused-ring (bicyclic) bond motifs is 1. The number of hydrogen-bond donors (Lipinski definition) is 1. The summed E-state index contributed by atoms with van der Waals surface area (Å²) in [6, 6.07) is 8.79. The van der Waals surface area contributed by atoms with E-state index in [9.17, 15) is 19.5 Å². The number of carbonyl (C=O) groups excluding carboxylic acids is 3. The van der Waals surface area contributed by atoms with E-state index in [1.807, 2.05) is 44.2 Å². The number of aliphatic hydroxyl groups excluding tert-OH is 1. The Balaban J connectivity index is 1.48. The van der Waals surface area contributed by atoms with Gasteiger partial charge in [0.2, 0.25) is 17.7 Å². The summed E-state index contributed by atoms with van der Waals surface area (Å²) in [5.74, 6) is -2.37. The van der Waals surface area contributed by atoms with Gasteiger partial charge in [0.15, 0.2) is 0 Å². The van der Waals surface area contributed by atoms with Crippen molar-refractivity contribution in [3.8, 4) is 0 Å². The molecule has 1 N–H and O–H groups in total. The van der Waals surface area contributed by atoms with Crippen LogP contribution in [0.3, 0.4) is 0 Å². The van der Waals surface area contributed by atoms with Crippen LogP contribution < -0.4 is 0 Å². The highest BCUT2D eigenvalue weighted by Gasteiger charge is 2.80. The summed E-state index contributed by atoms with van der Waals surface area (Å²) < 4.78 is 12.4. The van der Waals surface area contributed by atoms with Crippen LogP contribution in [0.5, 0.6) is 0 Å². The fourth-order valence-electron chi connectivity index (χ4n) is 7.84. The number of likely N-dealkylation sites (tertiary alicyclic amines) is 1. The minimum Gasteiger partial charge on any atom is -0.395 e. The summed E-state index contributed by atoms with van der Waals surface area (Å²) in [4.78, 5) is 50.5. The van der Waals surface area contributed by atoms with E-state index in [4.69, 9.17) is 9.47 Å². The first-order valence-corrected chi connectivity index (χ1v) is 15.5. The van der Waals surface area contributed by atoms with Crippen molar-refractivity contribution in [3.05, 3.63) is 61.2 Å². The van der Waals surface area contributed by atoms with E-state index < -0.39 is 29.1 Å². The molecular weight excluding hydrogens is 548 g/mol. The quantitative estimate of drug-likeness (QED) is 0.346. The highest BCUT2D eigenvalue weighted by atomic mass is 16.5. The molecule has 1 spiro atoms. The fraction of sp³-hybridized carbons (Fsp3) is 0.606. The fourth-order valence-corrected chi connectivity index (χ4v) is 7.84. The van der Waals surface area contributed by atoms with Crippen LogP contribution in [0.25, 0.3) is 0 Å². The highest BCUT2D eigenvalue weighted by molar-refractivity contribution is 5.99. The molecule has 4 aliphatic rings. The van der Waals surface area contributed by atoms with E-state index in [0.717, 1.165) is 18.7 Å². The third-order valence-electron chi connectivity index (χ3n) is 9.98. The van der Waals surface area contributed by atoms with Crippen LogP contribution in [0.1, 0.15) is 25.8 Å². The van der Waals surface area contributed by atoms with Crippen molar-refractivity contribution in [2.45, 2.75) is 44.1 Å². The Morgan fingerprint density at radius 2 is 1.74 bits per heavy atom. The van der Waals surface area contributed by atoms with E-state index >= 15 is 0 Å². The number of β-amino-alcohol motifs (C(OH)–C–C–N with tert-alkyl or cyclic N) is 1. The molecule has 3 unspecified atom stereocenters. The second-order valence-electron chi connectivity index (χ2n) is 12.5. The van der Waals surface area contributed by atoms with Gasteiger partial charge < -0.3 is 29.3 Å². The molecule has 2 bridgehead atoms. The Morgan fingerprint density at radius 1 is 1.07 bits per heavy atom. The van der Waals surface area contributed by atoms with Crippen molar-refractivity contribution in [3.63, 3.8) is 0 Å². The lowest BCUT2D eigenvalue weighted by Crippen LogP contribution is -2.58. The maximum atomic E-state index is 14.5. The molecule has 1 aromatic rings. The first kappa shape index (κ1) is 31.4. The minimum atomic E-state index is -1.16. The lowest BCUT2D eigenvalue weighted by atomic mass is 9.62. The molecule has 4 fully saturated rings. The number of nitrogens with zero attached hydrogens (tertiary/aromatic N) is 4. The lowest BCUT2D eigenvalue weighted by molar-refractivity contribution is -0.155. The Kier molecular flexibility index (Phi) is 9.41. The number of ether oxygens (including phenoxy) is 2. The maximum Gasteiger partial charge on any atom is 0.248 e. The summed E-state index contributed by atoms with van der Waals surface area (Å²) in [6.45, 7) is 16.5. The topological polar surface area (TPSA) is 103 Å². The second-order valence-corrected chi connectivity index (χ2v) is 12.5. The van der Waals surface area contributed by atoms with Crippen LogP contribution in [0.15, 0.2) is 55.6 Å². The van der Waals surface area contributed by atoms with Gasteiger partial charge in [-0.3, -0.25) is 19.3 Å². The molecule has 0 radical (unpaired) electrons. The van der Waals surface area contributed by atoms with Crippen LogP contribution in [0, 0.1) is 17.8 Å². The first-order valence-electron chi connectivity index (χ1n) is 15.5. The summed E-state index contributed by atoms with van der Waals surface area (Å²) in [7, 11) is 0. The summed E-state index contributed by atoms with van der Waals surface area (Å²) >= 11 is 0. The van der Waals surface area contributed by atoms with E-state index in [-0.39, 0.29) is 36.8 Å². The van der Waals surface area contributed by atoms with Crippen molar-refractivity contribution in [1.29, 1.82) is 0 Å². The van der Waals surface area contributed by atoms with Gasteiger partial charge in [-0.25, -0.2) is 0 Å². The standard InChI is InChI=1S/C33H46N4O6/c1-5-12-35(15-14-34-17-20-42-21-18-34)31(41)28-33-22-24(3)32(4,43-33)26(27(33)30(40)37(28)16-19-38)29(39)36(13-6-2)23-25-10-8-7-9-11-25/h5-11,24,26-28,38H,1-2,12-23H2,3-4H3/t24?,26-,27-,28?,32+,33?/m0/s1. The first-order chi connectivity index (χ1) is 20.7. The molecule has 0 saturated carbocycles. The molecule has 4 heterocycles. The Morgan fingerprint density at radius 3 is 2.40 bits per heavy atom. The number of aliphatic hydroxyl groups is 1. The molecule has 4 aliphatic heterocycles. The SMILES string of the molecule is C=CCN(CCN1CCOCC1)C(=O)C1N(CCO)C(=O)[C@@H]2[C@@H](C(=O)N(CC=C)Cc3ccccc3)[C@]3(C)OC12CC3C. The number of hydrogen-bond acceptors (Lipinski definition) is 7. The van der Waals surface area contributed by atoms with Crippen molar-refractivity contribution in [2.24, 2.45) is 17.8 Å². The number of benzene rings is 1. The number of rotatable bonds is 13. The molecule has 234 valence electrons. The minimum absolute atomic E-state index is 0.00532. The molecule has 43 heavy (non-hydrogen) atoms. The van der Waals surface area contributed by atoms with Gasteiger partial charge >= 0.3 is 0 Å². The molecule has 10 heteroatoms. The Hall–Kier alpha value is -3.05. The van der Waals surface area contributed by atoms with Gasteiger partial charge in [0.25, 0.3) is 0 Å². The van der Waals surface area contributed by atoms with Gasteiger partial charge in [0, 0.05) is 52.4 Å². The largest absolute Gasteiger partial charge is 0.395 e. The zero-order valence-corrected chi connectivity index (χ0v) is 25.5. The molecule has 0 aromatic heterocycles. The van der Waals surface area contributed by atoms with Crippen LogP contribution in [-0.2, 0) is 30.4 Å². The summed E-state index contributed by atoms with van der Waals surface area (Å²) in [6.07, 6.45) is 3.87. The molecule has 3 amide bonds. The van der Waals surface area contributed by atoms with Crippen molar-refractivity contribution < 1.29 is 29.0 Å². The van der Waals surface area contributed by atoms with Crippen LogP contribution in [-0.4, -0.2) is 125 Å². The normalized spacial score (nSPS) is 31.6. The van der Waals surface area contributed by atoms with Crippen LogP contribution in [0.2, 0.25) is 0 Å². The van der Waals surface area contributed by atoms with Crippen molar-refractivity contribution in [1.82, 2.24) is 19.6 Å². The van der Waals surface area contributed by atoms with Gasteiger partial charge in [-0.05, 0) is 24.8 Å². The van der Waals surface area contributed by atoms with Crippen LogP contribution >= 0.6 is 0 Å². The molecule has 4 saturated heterocycles. The van der Waals surface area contributed by atoms with E-state index in [0.29, 0.717) is 52.4 Å². The van der Waals surface area contributed by atoms with Crippen LogP contribution in [0.4, 0.5) is 0 Å². The number of morpholine rings is 1. The van der Waals surface area contributed by atoms with Gasteiger partial charge in [-0.2, -0.15) is 0 Å². The zero-order valence-electron chi connectivity index (χ0n) is 25.5. The third kappa shape index (κ3) is 5.54. The molecule has 0 aliphatic carbocycles. The lowest BCUT2D eigenvalue weighted by Gasteiger charge is -2.39. The molecular formula is C33H46N4O6. The average Bonchev–Trinajstić information content (AvgIpc) is 3.52. The second kappa shape index (κ2) is 12.9. The van der Waals surface area contributed by atoms with Gasteiger partial charge in [0.05, 0.1) is 37.3 Å².